The second-order valence-electron chi connectivity index (χ2n) is 5.49. The molecule has 2 N–H and O–H groups in total. The van der Waals surface area contributed by atoms with Crippen molar-refractivity contribution in [2.75, 3.05) is 5.32 Å². The SMILES string of the molecule is Cc1cccc(CNC(=S)Nc2cccc(OC(C)C)c2)c1. The van der Waals surface area contributed by atoms with E-state index in [1.165, 1.54) is 11.1 Å². The summed E-state index contributed by atoms with van der Waals surface area (Å²) in [5.74, 6) is 0.835. The van der Waals surface area contributed by atoms with E-state index in [2.05, 4.69) is 41.8 Å². The normalized spacial score (nSPS) is 10.4. The van der Waals surface area contributed by atoms with Crippen LogP contribution in [-0.2, 0) is 6.54 Å². The molecule has 2 aromatic carbocycles. The summed E-state index contributed by atoms with van der Waals surface area (Å²) < 4.78 is 5.68. The van der Waals surface area contributed by atoms with E-state index < -0.39 is 0 Å². The summed E-state index contributed by atoms with van der Waals surface area (Å²) in [7, 11) is 0. The molecular weight excluding hydrogens is 292 g/mol. The lowest BCUT2D eigenvalue weighted by atomic mass is 10.1. The van der Waals surface area contributed by atoms with Gasteiger partial charge in [0.2, 0.25) is 0 Å². The topological polar surface area (TPSA) is 33.3 Å². The zero-order valence-corrected chi connectivity index (χ0v) is 14.0. The molecule has 0 aliphatic rings. The molecule has 0 heterocycles. The third-order valence-corrected chi connectivity index (χ3v) is 3.25. The third-order valence-electron chi connectivity index (χ3n) is 3.00. The molecule has 2 rings (SSSR count). The van der Waals surface area contributed by atoms with Crippen molar-refractivity contribution in [3.05, 3.63) is 59.7 Å². The quantitative estimate of drug-likeness (QED) is 0.808. The fourth-order valence-corrected chi connectivity index (χ4v) is 2.29. The molecule has 0 saturated carbocycles. The van der Waals surface area contributed by atoms with Gasteiger partial charge in [0.15, 0.2) is 5.11 Å². The Kier molecular flexibility index (Phi) is 5.78. The number of thiocarbonyl (C=S) groups is 1. The van der Waals surface area contributed by atoms with Gasteiger partial charge in [-0.05, 0) is 50.7 Å². The Morgan fingerprint density at radius 2 is 1.91 bits per heavy atom. The van der Waals surface area contributed by atoms with Crippen LogP contribution in [0.3, 0.4) is 0 Å². The Balaban J connectivity index is 1.89. The van der Waals surface area contributed by atoms with Gasteiger partial charge in [0.1, 0.15) is 5.75 Å². The summed E-state index contributed by atoms with van der Waals surface area (Å²) >= 11 is 5.34. The van der Waals surface area contributed by atoms with Crippen molar-refractivity contribution in [3.8, 4) is 5.75 Å². The molecule has 3 nitrogen and oxygen atoms in total. The third kappa shape index (κ3) is 5.37. The van der Waals surface area contributed by atoms with Gasteiger partial charge in [0.25, 0.3) is 0 Å². The maximum Gasteiger partial charge on any atom is 0.171 e. The standard InChI is InChI=1S/C18H22N2OS/c1-13(2)21-17-9-5-8-16(11-17)20-18(22)19-12-15-7-4-6-14(3)10-15/h4-11,13H,12H2,1-3H3,(H2,19,20,22). The number of anilines is 1. The van der Waals surface area contributed by atoms with Crippen LogP contribution in [0, 0.1) is 6.92 Å². The Bertz CT molecular complexity index is 640. The van der Waals surface area contributed by atoms with Crippen LogP contribution in [0.5, 0.6) is 5.75 Å². The van der Waals surface area contributed by atoms with Gasteiger partial charge in [0, 0.05) is 18.3 Å². The van der Waals surface area contributed by atoms with Crippen LogP contribution >= 0.6 is 12.2 Å². The molecule has 0 bridgehead atoms. The smallest absolute Gasteiger partial charge is 0.171 e. The summed E-state index contributed by atoms with van der Waals surface area (Å²) in [5, 5.41) is 7.00. The summed E-state index contributed by atoms with van der Waals surface area (Å²) in [6.07, 6.45) is 0.154. The molecule has 0 aromatic heterocycles. The summed E-state index contributed by atoms with van der Waals surface area (Å²) in [6, 6.07) is 16.2. The molecule has 0 amide bonds. The Morgan fingerprint density at radius 1 is 1.14 bits per heavy atom. The molecule has 0 spiro atoms. The van der Waals surface area contributed by atoms with Gasteiger partial charge in [-0.25, -0.2) is 0 Å². The largest absolute Gasteiger partial charge is 0.491 e. The minimum atomic E-state index is 0.154. The zero-order valence-electron chi connectivity index (χ0n) is 13.2. The number of benzene rings is 2. The lowest BCUT2D eigenvalue weighted by Crippen LogP contribution is -2.27. The highest BCUT2D eigenvalue weighted by atomic mass is 32.1. The van der Waals surface area contributed by atoms with Gasteiger partial charge in [0.05, 0.1) is 6.10 Å². The predicted molar refractivity (Wildman–Crippen MR) is 96.4 cm³/mol. The van der Waals surface area contributed by atoms with E-state index in [1.807, 2.05) is 38.1 Å². The monoisotopic (exact) mass is 314 g/mol. The highest BCUT2D eigenvalue weighted by Gasteiger charge is 2.02. The number of hydrogen-bond acceptors (Lipinski definition) is 2. The molecule has 0 radical (unpaired) electrons. The summed E-state index contributed by atoms with van der Waals surface area (Å²) in [6.45, 7) is 6.80. The van der Waals surface area contributed by atoms with E-state index in [4.69, 9.17) is 17.0 Å². The van der Waals surface area contributed by atoms with E-state index in [0.29, 0.717) is 11.7 Å². The van der Waals surface area contributed by atoms with E-state index in [1.54, 1.807) is 0 Å². The average molecular weight is 314 g/mol. The predicted octanol–water partition coefficient (Wildman–Crippen LogP) is 4.27. The van der Waals surface area contributed by atoms with Crippen molar-refractivity contribution in [3.63, 3.8) is 0 Å². The maximum absolute atomic E-state index is 5.68. The first-order chi connectivity index (χ1) is 10.5. The van der Waals surface area contributed by atoms with Crippen LogP contribution < -0.4 is 15.4 Å². The van der Waals surface area contributed by atoms with Crippen molar-refractivity contribution in [1.29, 1.82) is 0 Å². The molecule has 0 unspecified atom stereocenters. The molecule has 0 saturated heterocycles. The summed E-state index contributed by atoms with van der Waals surface area (Å²) in [4.78, 5) is 0. The minimum absolute atomic E-state index is 0.154. The molecule has 0 aliphatic carbocycles. The zero-order chi connectivity index (χ0) is 15.9. The molecular formula is C18H22N2OS. The average Bonchev–Trinajstić information content (AvgIpc) is 2.45. The number of aryl methyl sites for hydroxylation is 1. The van der Waals surface area contributed by atoms with Crippen molar-refractivity contribution in [2.45, 2.75) is 33.4 Å². The van der Waals surface area contributed by atoms with Gasteiger partial charge in [-0.1, -0.05) is 35.9 Å². The Morgan fingerprint density at radius 3 is 2.64 bits per heavy atom. The molecule has 0 atom stereocenters. The van der Waals surface area contributed by atoms with Crippen molar-refractivity contribution < 1.29 is 4.74 Å². The van der Waals surface area contributed by atoms with Crippen molar-refractivity contribution in [1.82, 2.24) is 5.32 Å². The van der Waals surface area contributed by atoms with Crippen LogP contribution in [0.1, 0.15) is 25.0 Å². The first-order valence-corrected chi connectivity index (χ1v) is 7.81. The number of hydrogen-bond donors (Lipinski definition) is 2. The highest BCUT2D eigenvalue weighted by molar-refractivity contribution is 7.80. The fourth-order valence-electron chi connectivity index (χ4n) is 2.10. The summed E-state index contributed by atoms with van der Waals surface area (Å²) in [5.41, 5.74) is 3.37. The Hall–Kier alpha value is -2.07. The molecule has 0 fully saturated rings. The lowest BCUT2D eigenvalue weighted by Gasteiger charge is -2.13. The maximum atomic E-state index is 5.68. The van der Waals surface area contributed by atoms with Gasteiger partial charge in [-0.2, -0.15) is 0 Å². The van der Waals surface area contributed by atoms with Gasteiger partial charge >= 0.3 is 0 Å². The van der Waals surface area contributed by atoms with Crippen LogP contribution in [0.25, 0.3) is 0 Å². The van der Waals surface area contributed by atoms with Crippen LogP contribution in [0.4, 0.5) is 5.69 Å². The Labute approximate surface area is 137 Å². The number of nitrogens with one attached hydrogen (secondary N) is 2. The van der Waals surface area contributed by atoms with E-state index in [-0.39, 0.29) is 6.10 Å². The number of ether oxygens (including phenoxy) is 1. The van der Waals surface area contributed by atoms with Gasteiger partial charge in [-0.3, -0.25) is 0 Å². The van der Waals surface area contributed by atoms with E-state index in [9.17, 15) is 0 Å². The van der Waals surface area contributed by atoms with E-state index >= 15 is 0 Å². The first-order valence-electron chi connectivity index (χ1n) is 7.40. The van der Waals surface area contributed by atoms with Crippen LogP contribution in [-0.4, -0.2) is 11.2 Å². The molecule has 0 aliphatic heterocycles. The van der Waals surface area contributed by atoms with Gasteiger partial charge < -0.3 is 15.4 Å². The molecule has 2 aromatic rings. The van der Waals surface area contributed by atoms with Gasteiger partial charge in [-0.15, -0.1) is 0 Å². The second kappa shape index (κ2) is 7.80. The van der Waals surface area contributed by atoms with Crippen LogP contribution in [0.15, 0.2) is 48.5 Å². The molecule has 116 valence electrons. The van der Waals surface area contributed by atoms with Crippen molar-refractivity contribution >= 4 is 23.0 Å². The second-order valence-corrected chi connectivity index (χ2v) is 5.90. The minimum Gasteiger partial charge on any atom is -0.491 e. The van der Waals surface area contributed by atoms with E-state index in [0.717, 1.165) is 11.4 Å². The first kappa shape index (κ1) is 16.3. The molecule has 4 heteroatoms. The van der Waals surface area contributed by atoms with Crippen LogP contribution in [0.2, 0.25) is 0 Å². The fraction of sp³-hybridized carbons (Fsp3) is 0.278. The number of rotatable bonds is 5. The van der Waals surface area contributed by atoms with Crippen molar-refractivity contribution in [2.24, 2.45) is 0 Å². The molecule has 22 heavy (non-hydrogen) atoms. The highest BCUT2D eigenvalue weighted by Crippen LogP contribution is 2.18. The lowest BCUT2D eigenvalue weighted by molar-refractivity contribution is 0.242.